The molecule has 1 N–H and O–H groups in total. The zero-order valence-electron chi connectivity index (χ0n) is 11.1. The van der Waals surface area contributed by atoms with Gasteiger partial charge in [0, 0.05) is 19.6 Å². The third-order valence-corrected chi connectivity index (χ3v) is 3.80. The molecule has 0 amide bonds. The molecule has 0 saturated carbocycles. The van der Waals surface area contributed by atoms with Gasteiger partial charge >= 0.3 is 5.97 Å². The Morgan fingerprint density at radius 3 is 2.95 bits per heavy atom. The van der Waals surface area contributed by atoms with Gasteiger partial charge in [0.2, 0.25) is 0 Å². The van der Waals surface area contributed by atoms with Gasteiger partial charge in [-0.15, -0.1) is 0 Å². The summed E-state index contributed by atoms with van der Waals surface area (Å²) in [5, 5.41) is 9.51. The maximum atomic E-state index is 11.2. The Hall–Kier alpha value is -1.33. The first-order valence-electron chi connectivity index (χ1n) is 6.30. The molecule has 0 aliphatic carbocycles. The van der Waals surface area contributed by atoms with Crippen LogP contribution in [0.5, 0.6) is 0 Å². The van der Waals surface area contributed by atoms with Crippen molar-refractivity contribution in [2.45, 2.75) is 18.9 Å². The number of carbonyl (C=O) groups is 1. The molecule has 2 rings (SSSR count). The van der Waals surface area contributed by atoms with Crippen LogP contribution in [0.3, 0.4) is 0 Å². The summed E-state index contributed by atoms with van der Waals surface area (Å²) in [6.45, 7) is 1.84. The second-order valence-corrected chi connectivity index (χ2v) is 5.35. The van der Waals surface area contributed by atoms with E-state index < -0.39 is 5.97 Å². The summed E-state index contributed by atoms with van der Waals surface area (Å²) < 4.78 is 0. The van der Waals surface area contributed by atoms with Crippen LogP contribution in [0.15, 0.2) is 12.1 Å². The van der Waals surface area contributed by atoms with Crippen molar-refractivity contribution in [2.24, 2.45) is 0 Å². The SMILES string of the molecule is CN(CC1CCCN1C)c1nc(Cl)ccc1C(=O)O. The van der Waals surface area contributed by atoms with Gasteiger partial charge in [0.15, 0.2) is 0 Å². The molecule has 1 aliphatic heterocycles. The van der Waals surface area contributed by atoms with E-state index in [1.807, 2.05) is 11.9 Å². The minimum Gasteiger partial charge on any atom is -0.478 e. The van der Waals surface area contributed by atoms with Crippen molar-refractivity contribution < 1.29 is 9.90 Å². The molecule has 1 saturated heterocycles. The van der Waals surface area contributed by atoms with Crippen LogP contribution in [0.25, 0.3) is 0 Å². The fraction of sp³-hybridized carbons (Fsp3) is 0.538. The highest BCUT2D eigenvalue weighted by atomic mass is 35.5. The molecule has 2 heterocycles. The predicted molar refractivity (Wildman–Crippen MR) is 75.1 cm³/mol. The zero-order chi connectivity index (χ0) is 14.0. The lowest BCUT2D eigenvalue weighted by atomic mass is 10.2. The molecule has 1 aromatic rings. The molecular weight excluding hydrogens is 266 g/mol. The van der Waals surface area contributed by atoms with Crippen LogP contribution in [-0.2, 0) is 0 Å². The number of halogens is 1. The number of aromatic nitrogens is 1. The zero-order valence-corrected chi connectivity index (χ0v) is 11.9. The number of rotatable bonds is 4. The first-order chi connectivity index (χ1) is 8.99. The van der Waals surface area contributed by atoms with E-state index in [4.69, 9.17) is 11.6 Å². The van der Waals surface area contributed by atoms with Gasteiger partial charge in [-0.25, -0.2) is 9.78 Å². The number of carboxylic acid groups (broad SMARTS) is 1. The van der Waals surface area contributed by atoms with E-state index in [1.54, 1.807) is 0 Å². The number of carboxylic acids is 1. The lowest BCUT2D eigenvalue weighted by molar-refractivity contribution is 0.0697. The van der Waals surface area contributed by atoms with E-state index in [-0.39, 0.29) is 5.56 Å². The summed E-state index contributed by atoms with van der Waals surface area (Å²) in [6.07, 6.45) is 2.31. The molecule has 6 heteroatoms. The molecule has 1 aliphatic rings. The van der Waals surface area contributed by atoms with Gasteiger partial charge in [-0.1, -0.05) is 11.6 Å². The van der Waals surface area contributed by atoms with Gasteiger partial charge in [-0.3, -0.25) is 0 Å². The van der Waals surface area contributed by atoms with E-state index >= 15 is 0 Å². The number of hydrogen-bond acceptors (Lipinski definition) is 4. The Morgan fingerprint density at radius 2 is 2.37 bits per heavy atom. The molecule has 5 nitrogen and oxygen atoms in total. The number of pyridine rings is 1. The van der Waals surface area contributed by atoms with Gasteiger partial charge in [-0.2, -0.15) is 0 Å². The highest BCUT2D eigenvalue weighted by Crippen LogP contribution is 2.23. The summed E-state index contributed by atoms with van der Waals surface area (Å²) in [4.78, 5) is 19.5. The van der Waals surface area contributed by atoms with Crippen LogP contribution >= 0.6 is 11.6 Å². The summed E-state index contributed by atoms with van der Waals surface area (Å²) >= 11 is 5.87. The Bertz CT molecular complexity index is 481. The molecule has 1 unspecified atom stereocenters. The van der Waals surface area contributed by atoms with Crippen LogP contribution in [-0.4, -0.2) is 54.2 Å². The average molecular weight is 284 g/mol. The molecule has 1 aromatic heterocycles. The molecule has 0 aromatic carbocycles. The standard InChI is InChI=1S/C13H18ClN3O2/c1-16-7-3-4-9(16)8-17(2)12-10(13(18)19)5-6-11(14)15-12/h5-6,9H,3-4,7-8H2,1-2H3,(H,18,19). The van der Waals surface area contributed by atoms with Crippen molar-refractivity contribution in [3.8, 4) is 0 Å². The third-order valence-electron chi connectivity index (χ3n) is 3.59. The monoisotopic (exact) mass is 283 g/mol. The van der Waals surface area contributed by atoms with Gasteiger partial charge in [0.05, 0.1) is 0 Å². The number of likely N-dealkylation sites (tertiary alicyclic amines) is 1. The van der Waals surface area contributed by atoms with Crippen LogP contribution in [0.2, 0.25) is 5.15 Å². The van der Waals surface area contributed by atoms with Crippen LogP contribution in [0, 0.1) is 0 Å². The van der Waals surface area contributed by atoms with Crippen LogP contribution in [0.4, 0.5) is 5.82 Å². The maximum Gasteiger partial charge on any atom is 0.339 e. The number of anilines is 1. The smallest absolute Gasteiger partial charge is 0.339 e. The molecule has 19 heavy (non-hydrogen) atoms. The first-order valence-corrected chi connectivity index (χ1v) is 6.68. The highest BCUT2D eigenvalue weighted by Gasteiger charge is 2.24. The van der Waals surface area contributed by atoms with Crippen LogP contribution < -0.4 is 4.90 Å². The van der Waals surface area contributed by atoms with Crippen molar-refractivity contribution in [3.63, 3.8) is 0 Å². The van der Waals surface area contributed by atoms with Gasteiger partial charge in [0.1, 0.15) is 16.5 Å². The molecule has 104 valence electrons. The second-order valence-electron chi connectivity index (χ2n) is 4.97. The largest absolute Gasteiger partial charge is 0.478 e. The van der Waals surface area contributed by atoms with Crippen molar-refractivity contribution in [1.82, 2.24) is 9.88 Å². The van der Waals surface area contributed by atoms with E-state index in [1.165, 1.54) is 18.6 Å². The number of likely N-dealkylation sites (N-methyl/N-ethyl adjacent to an activating group) is 2. The summed E-state index contributed by atoms with van der Waals surface area (Å²) in [5.74, 6) is -0.550. The Labute approximate surface area is 117 Å². The normalized spacial score (nSPS) is 19.6. The molecule has 1 atom stereocenters. The Kier molecular flexibility index (Phi) is 4.27. The Balaban J connectivity index is 2.20. The fourth-order valence-corrected chi connectivity index (χ4v) is 2.64. The number of nitrogens with zero attached hydrogens (tertiary/aromatic N) is 3. The fourth-order valence-electron chi connectivity index (χ4n) is 2.50. The minimum absolute atomic E-state index is 0.188. The van der Waals surface area contributed by atoms with E-state index in [2.05, 4.69) is 16.9 Å². The molecular formula is C13H18ClN3O2. The predicted octanol–water partition coefficient (Wildman–Crippen LogP) is 1.96. The number of aromatic carboxylic acids is 1. The topological polar surface area (TPSA) is 56.7 Å². The summed E-state index contributed by atoms with van der Waals surface area (Å²) in [6, 6.07) is 3.44. The van der Waals surface area contributed by atoms with Crippen molar-refractivity contribution >= 4 is 23.4 Å². The lowest BCUT2D eigenvalue weighted by Gasteiger charge is -2.27. The maximum absolute atomic E-state index is 11.2. The minimum atomic E-state index is -0.981. The third kappa shape index (κ3) is 3.16. The first kappa shape index (κ1) is 14.1. The number of hydrogen-bond donors (Lipinski definition) is 1. The van der Waals surface area contributed by atoms with Gasteiger partial charge in [0.25, 0.3) is 0 Å². The van der Waals surface area contributed by atoms with Crippen LogP contribution in [0.1, 0.15) is 23.2 Å². The quantitative estimate of drug-likeness (QED) is 0.856. The second kappa shape index (κ2) is 5.75. The van der Waals surface area contributed by atoms with Gasteiger partial charge in [-0.05, 0) is 38.6 Å². The molecule has 0 radical (unpaired) electrons. The van der Waals surface area contributed by atoms with Crippen molar-refractivity contribution in [1.29, 1.82) is 0 Å². The molecule has 0 bridgehead atoms. The molecule has 0 spiro atoms. The van der Waals surface area contributed by atoms with E-state index in [0.717, 1.165) is 19.5 Å². The van der Waals surface area contributed by atoms with Crippen molar-refractivity contribution in [3.05, 3.63) is 22.8 Å². The van der Waals surface area contributed by atoms with E-state index in [0.29, 0.717) is 17.0 Å². The van der Waals surface area contributed by atoms with Gasteiger partial charge < -0.3 is 14.9 Å². The molecule has 1 fully saturated rings. The highest BCUT2D eigenvalue weighted by molar-refractivity contribution is 6.29. The summed E-state index contributed by atoms with van der Waals surface area (Å²) in [5.41, 5.74) is 0.188. The Morgan fingerprint density at radius 1 is 1.63 bits per heavy atom. The summed E-state index contributed by atoms with van der Waals surface area (Å²) in [7, 11) is 3.95. The lowest BCUT2D eigenvalue weighted by Crippen LogP contribution is -2.37. The van der Waals surface area contributed by atoms with E-state index in [9.17, 15) is 9.90 Å². The van der Waals surface area contributed by atoms with Crippen molar-refractivity contribution in [2.75, 3.05) is 32.1 Å². The average Bonchev–Trinajstić information content (AvgIpc) is 2.74.